The molecule has 0 saturated carbocycles. The van der Waals surface area contributed by atoms with Gasteiger partial charge in [0.1, 0.15) is 0 Å². The topological polar surface area (TPSA) is 24.7 Å². The quantitative estimate of drug-likeness (QED) is 0.280. The van der Waals surface area contributed by atoms with Gasteiger partial charge in [-0.2, -0.15) is 0 Å². The van der Waals surface area contributed by atoms with E-state index in [1.807, 2.05) is 35.6 Å². The number of amidine groups is 1. The van der Waals surface area contributed by atoms with Gasteiger partial charge in [-0.05, 0) is 13.6 Å². The fourth-order valence-corrected chi connectivity index (χ4v) is 0.338. The summed E-state index contributed by atoms with van der Waals surface area (Å²) in [6.45, 7) is 5.19. The highest BCUT2D eigenvalue weighted by Gasteiger charge is 1.76. The molecule has 0 spiro atoms. The van der Waals surface area contributed by atoms with Crippen LogP contribution in [0.25, 0.3) is 0 Å². The summed E-state index contributed by atoms with van der Waals surface area (Å²) in [6.07, 6.45) is 3.51. The van der Waals surface area contributed by atoms with Crippen LogP contribution < -0.4 is 0 Å². The van der Waals surface area contributed by atoms with Crippen molar-refractivity contribution in [3.8, 4) is 0 Å². The van der Waals surface area contributed by atoms with E-state index in [0.29, 0.717) is 3.84 Å². The number of halogens is 1. The van der Waals surface area contributed by atoms with Crippen LogP contribution in [0.3, 0.4) is 0 Å². The summed E-state index contributed by atoms with van der Waals surface area (Å²) in [5, 5.41) is 0. The first-order valence-corrected chi connectivity index (χ1v) is 3.20. The van der Waals surface area contributed by atoms with E-state index < -0.39 is 0 Å². The normalized spacial score (nSPS) is 12.5. The van der Waals surface area contributed by atoms with Gasteiger partial charge in [-0.3, -0.25) is 0 Å². The van der Waals surface area contributed by atoms with Crippen molar-refractivity contribution < 1.29 is 0 Å². The minimum atomic E-state index is 0.667. The summed E-state index contributed by atoms with van der Waals surface area (Å²) in [6, 6.07) is 0. The lowest BCUT2D eigenvalue weighted by Gasteiger charge is -1.78. The molecule has 2 nitrogen and oxygen atoms in total. The number of aliphatic imine (C=N–C) groups is 2. The molecule has 0 heterocycles. The molecule has 0 aliphatic rings. The average Bonchev–Trinajstić information content (AvgIpc) is 1.83. The lowest BCUT2D eigenvalue weighted by atomic mass is 10.7. The highest BCUT2D eigenvalue weighted by Crippen LogP contribution is 1.90. The zero-order chi connectivity index (χ0) is 6.41. The molecule has 0 aliphatic heterocycles. The van der Waals surface area contributed by atoms with Crippen molar-refractivity contribution in [1.29, 1.82) is 0 Å². The molecule has 0 rings (SSSR count). The van der Waals surface area contributed by atoms with Crippen LogP contribution in [-0.4, -0.2) is 10.6 Å². The van der Waals surface area contributed by atoms with Crippen molar-refractivity contribution in [3.63, 3.8) is 0 Å². The largest absolute Gasteiger partial charge is 0.240 e. The fraction of sp³-hybridized carbons (Fsp3) is 0.200. The molecule has 0 unspecified atom stereocenters. The molecule has 3 heteroatoms. The van der Waals surface area contributed by atoms with E-state index in [4.69, 9.17) is 0 Å². The van der Waals surface area contributed by atoms with Crippen LogP contribution in [0.4, 0.5) is 0 Å². The molecule has 44 valence electrons. The Bertz CT molecular complexity index is 126. The zero-order valence-electron chi connectivity index (χ0n) is 4.63. The molecule has 0 atom stereocenters. The Morgan fingerprint density at radius 1 is 1.75 bits per heavy atom. The molecule has 0 amide bonds. The lowest BCUT2D eigenvalue weighted by Crippen LogP contribution is -1.71. The van der Waals surface area contributed by atoms with Gasteiger partial charge in [-0.25, -0.2) is 9.98 Å². The van der Waals surface area contributed by atoms with Crippen LogP contribution in [0, 0.1) is 0 Å². The minimum absolute atomic E-state index is 0.667. The van der Waals surface area contributed by atoms with E-state index in [9.17, 15) is 0 Å². The smallest absolute Gasteiger partial charge is 0.190 e. The van der Waals surface area contributed by atoms with Crippen molar-refractivity contribution >= 4 is 33.2 Å². The Kier molecular flexibility index (Phi) is 4.84. The molecule has 8 heavy (non-hydrogen) atoms. The van der Waals surface area contributed by atoms with E-state index in [1.165, 1.54) is 0 Å². The average molecular weight is 222 g/mol. The standard InChI is InChI=1S/C5H7IN2/c1-3-4-8-5(6)7-2/h3-4H,2H2,1H3/b4-3-,8-5?. The number of nitrogens with zero attached hydrogens (tertiary/aromatic N) is 2. The second kappa shape index (κ2) is 4.96. The summed E-state index contributed by atoms with van der Waals surface area (Å²) in [5.41, 5.74) is 0. The van der Waals surface area contributed by atoms with Gasteiger partial charge in [0.05, 0.1) is 0 Å². The summed E-state index contributed by atoms with van der Waals surface area (Å²) in [4.78, 5) is 7.42. The Balaban J connectivity index is 3.74. The van der Waals surface area contributed by atoms with Crippen molar-refractivity contribution in [2.24, 2.45) is 9.98 Å². The monoisotopic (exact) mass is 222 g/mol. The molecule has 0 bridgehead atoms. The van der Waals surface area contributed by atoms with Crippen LogP contribution in [0.15, 0.2) is 22.3 Å². The summed E-state index contributed by atoms with van der Waals surface area (Å²) in [5.74, 6) is 0. The van der Waals surface area contributed by atoms with Crippen LogP contribution in [-0.2, 0) is 0 Å². The molecular weight excluding hydrogens is 215 g/mol. The van der Waals surface area contributed by atoms with Gasteiger partial charge < -0.3 is 0 Å². The SMILES string of the molecule is C=NC(I)=N/C=C\C. The third kappa shape index (κ3) is 3.98. The Hall–Kier alpha value is -0.190. The molecule has 0 saturated heterocycles. The van der Waals surface area contributed by atoms with Crippen molar-refractivity contribution in [2.75, 3.05) is 0 Å². The summed E-state index contributed by atoms with van der Waals surface area (Å²) >= 11 is 2.00. The van der Waals surface area contributed by atoms with Crippen molar-refractivity contribution in [2.45, 2.75) is 6.92 Å². The molecule has 0 N–H and O–H groups in total. The third-order valence-corrected chi connectivity index (χ3v) is 1.08. The van der Waals surface area contributed by atoms with Crippen LogP contribution >= 0.6 is 22.6 Å². The minimum Gasteiger partial charge on any atom is -0.240 e. The molecule has 0 fully saturated rings. The van der Waals surface area contributed by atoms with Gasteiger partial charge in [-0.15, -0.1) is 0 Å². The predicted octanol–water partition coefficient (Wildman–Crippen LogP) is 2.01. The Labute approximate surface area is 62.6 Å². The first kappa shape index (κ1) is 7.81. The van der Waals surface area contributed by atoms with Crippen molar-refractivity contribution in [1.82, 2.24) is 0 Å². The van der Waals surface area contributed by atoms with E-state index >= 15 is 0 Å². The van der Waals surface area contributed by atoms with Gasteiger partial charge in [-0.1, -0.05) is 6.08 Å². The lowest BCUT2D eigenvalue weighted by molar-refractivity contribution is 1.52. The molecule has 0 aromatic carbocycles. The predicted molar refractivity (Wildman–Crippen MR) is 45.8 cm³/mol. The highest BCUT2D eigenvalue weighted by atomic mass is 127. The number of rotatable bonds is 1. The second-order valence-electron chi connectivity index (χ2n) is 1.04. The van der Waals surface area contributed by atoms with Crippen molar-refractivity contribution in [3.05, 3.63) is 12.3 Å². The van der Waals surface area contributed by atoms with Gasteiger partial charge >= 0.3 is 0 Å². The van der Waals surface area contributed by atoms with Crippen LogP contribution in [0.1, 0.15) is 6.92 Å². The molecule has 0 aliphatic carbocycles. The first-order chi connectivity index (χ1) is 3.81. The van der Waals surface area contributed by atoms with E-state index in [1.54, 1.807) is 6.20 Å². The summed E-state index contributed by atoms with van der Waals surface area (Å²) in [7, 11) is 0. The van der Waals surface area contributed by atoms with E-state index in [0.717, 1.165) is 0 Å². The van der Waals surface area contributed by atoms with Gasteiger partial charge in [0.25, 0.3) is 0 Å². The molecule has 0 radical (unpaired) electrons. The van der Waals surface area contributed by atoms with Gasteiger partial charge in [0, 0.05) is 28.8 Å². The number of allylic oxidation sites excluding steroid dienone is 1. The maximum atomic E-state index is 3.85. The Morgan fingerprint density at radius 2 is 2.38 bits per heavy atom. The fourth-order valence-electron chi connectivity index (χ4n) is 0.177. The molecular formula is C5H7IN2. The first-order valence-electron chi connectivity index (χ1n) is 2.12. The maximum Gasteiger partial charge on any atom is 0.190 e. The summed E-state index contributed by atoms with van der Waals surface area (Å²) < 4.78 is 0.667. The van der Waals surface area contributed by atoms with Gasteiger partial charge in [0.15, 0.2) is 3.84 Å². The van der Waals surface area contributed by atoms with Crippen LogP contribution in [0.5, 0.6) is 0 Å². The highest BCUT2D eigenvalue weighted by molar-refractivity contribution is 14.1. The van der Waals surface area contributed by atoms with E-state index in [-0.39, 0.29) is 0 Å². The number of hydrogen-bond donors (Lipinski definition) is 0. The number of hydrogen-bond acceptors (Lipinski definition) is 1. The third-order valence-electron chi connectivity index (χ3n) is 0.461. The molecule has 0 aromatic rings. The second-order valence-corrected chi connectivity index (χ2v) is 2.00. The maximum absolute atomic E-state index is 3.85. The van der Waals surface area contributed by atoms with Gasteiger partial charge in [0.2, 0.25) is 0 Å². The molecule has 0 aromatic heterocycles. The zero-order valence-corrected chi connectivity index (χ0v) is 6.79. The van der Waals surface area contributed by atoms with Crippen LogP contribution in [0.2, 0.25) is 0 Å². The van der Waals surface area contributed by atoms with E-state index in [2.05, 4.69) is 16.7 Å². The Morgan fingerprint density at radius 3 is 2.75 bits per heavy atom.